The second kappa shape index (κ2) is 6.51. The summed E-state index contributed by atoms with van der Waals surface area (Å²) in [6, 6.07) is 1.66. The summed E-state index contributed by atoms with van der Waals surface area (Å²) in [4.78, 5) is 24.8. The molecule has 0 bridgehead atoms. The smallest absolute Gasteiger partial charge is 0.313 e. The quantitative estimate of drug-likeness (QED) is 0.624. The third-order valence-electron chi connectivity index (χ3n) is 4.81. The summed E-state index contributed by atoms with van der Waals surface area (Å²) in [5.41, 5.74) is 0.755. The normalized spacial score (nSPS) is 19.0. The van der Waals surface area contributed by atoms with Gasteiger partial charge in [-0.1, -0.05) is 11.3 Å². The molecule has 7 nitrogen and oxygen atoms in total. The highest BCUT2D eigenvalue weighted by atomic mass is 32.1. The third kappa shape index (κ3) is 2.90. The summed E-state index contributed by atoms with van der Waals surface area (Å²) in [6.07, 6.45) is 6.94. The maximum absolute atomic E-state index is 11.5. The van der Waals surface area contributed by atoms with Crippen LogP contribution in [0.3, 0.4) is 0 Å². The van der Waals surface area contributed by atoms with Gasteiger partial charge in [0.05, 0.1) is 9.62 Å². The first-order valence-electron chi connectivity index (χ1n) is 8.68. The molecule has 2 aliphatic heterocycles. The molecule has 0 aliphatic carbocycles. The van der Waals surface area contributed by atoms with Gasteiger partial charge in [0.2, 0.25) is 5.82 Å². The van der Waals surface area contributed by atoms with Crippen LogP contribution < -0.4 is 9.80 Å². The summed E-state index contributed by atoms with van der Waals surface area (Å²) < 4.78 is 0.808. The molecular formula is C16H21N5O2S. The lowest BCUT2D eigenvalue weighted by molar-refractivity contribution is -0.384. The first kappa shape index (κ1) is 15.6. The van der Waals surface area contributed by atoms with Gasteiger partial charge in [0.1, 0.15) is 0 Å². The zero-order chi connectivity index (χ0) is 16.5. The average Bonchev–Trinajstić information content (AvgIpc) is 3.05. The number of piperidine rings is 2. The molecule has 0 amide bonds. The number of aromatic nitrogens is 2. The van der Waals surface area contributed by atoms with Crippen molar-refractivity contribution < 1.29 is 4.92 Å². The molecular weight excluding hydrogens is 326 g/mol. The molecule has 0 aromatic carbocycles. The Kier molecular flexibility index (Phi) is 4.22. The van der Waals surface area contributed by atoms with Crippen LogP contribution in [0.25, 0.3) is 10.3 Å². The van der Waals surface area contributed by atoms with Crippen molar-refractivity contribution in [2.45, 2.75) is 38.5 Å². The molecule has 2 aromatic rings. The molecule has 4 rings (SSSR count). The number of anilines is 2. The van der Waals surface area contributed by atoms with Crippen molar-refractivity contribution in [3.05, 3.63) is 16.2 Å². The van der Waals surface area contributed by atoms with Crippen molar-refractivity contribution in [2.24, 2.45) is 0 Å². The zero-order valence-corrected chi connectivity index (χ0v) is 14.4. The van der Waals surface area contributed by atoms with Gasteiger partial charge in [-0.3, -0.25) is 10.1 Å². The fourth-order valence-corrected chi connectivity index (χ4v) is 4.52. The van der Waals surface area contributed by atoms with Crippen LogP contribution >= 0.6 is 11.3 Å². The van der Waals surface area contributed by atoms with Gasteiger partial charge in [-0.05, 0) is 38.5 Å². The van der Waals surface area contributed by atoms with Crippen LogP contribution in [0, 0.1) is 10.1 Å². The number of rotatable bonds is 3. The van der Waals surface area contributed by atoms with E-state index in [0.717, 1.165) is 48.9 Å². The lowest BCUT2D eigenvalue weighted by atomic mass is 10.1. The van der Waals surface area contributed by atoms with Crippen molar-refractivity contribution in [1.29, 1.82) is 0 Å². The molecule has 0 N–H and O–H groups in total. The Morgan fingerprint density at radius 1 is 0.958 bits per heavy atom. The first-order chi connectivity index (χ1) is 11.7. The van der Waals surface area contributed by atoms with Crippen LogP contribution in [0.4, 0.5) is 16.6 Å². The lowest BCUT2D eigenvalue weighted by Gasteiger charge is -2.27. The molecule has 0 saturated carbocycles. The first-order valence-corrected chi connectivity index (χ1v) is 9.50. The maximum atomic E-state index is 11.5. The number of thiazole rings is 1. The van der Waals surface area contributed by atoms with E-state index in [4.69, 9.17) is 0 Å². The largest absolute Gasteiger partial charge is 0.351 e. The second-order valence-corrected chi connectivity index (χ2v) is 7.51. The van der Waals surface area contributed by atoms with E-state index in [-0.39, 0.29) is 10.6 Å². The monoisotopic (exact) mass is 347 g/mol. The Bertz CT molecular complexity index is 750. The Balaban J connectivity index is 1.74. The fraction of sp³-hybridized carbons (Fsp3) is 0.625. The zero-order valence-electron chi connectivity index (χ0n) is 13.6. The van der Waals surface area contributed by atoms with Crippen molar-refractivity contribution >= 4 is 38.3 Å². The minimum atomic E-state index is -0.309. The number of nitro groups is 1. The van der Waals surface area contributed by atoms with E-state index >= 15 is 0 Å². The number of pyridine rings is 1. The summed E-state index contributed by atoms with van der Waals surface area (Å²) in [6.45, 7) is 3.70. The molecule has 128 valence electrons. The molecule has 2 aromatic heterocycles. The molecule has 0 unspecified atom stereocenters. The predicted molar refractivity (Wildman–Crippen MR) is 96.2 cm³/mol. The van der Waals surface area contributed by atoms with Gasteiger partial charge >= 0.3 is 5.69 Å². The van der Waals surface area contributed by atoms with E-state index in [1.807, 2.05) is 4.90 Å². The topological polar surface area (TPSA) is 75.4 Å². The Hall–Kier alpha value is -1.96. The minimum Gasteiger partial charge on any atom is -0.351 e. The molecule has 0 atom stereocenters. The molecule has 2 aliphatic rings. The number of hydrogen-bond donors (Lipinski definition) is 0. The summed E-state index contributed by atoms with van der Waals surface area (Å²) in [5.74, 6) is 0.489. The van der Waals surface area contributed by atoms with Gasteiger partial charge in [0.15, 0.2) is 10.8 Å². The van der Waals surface area contributed by atoms with Crippen LogP contribution in [-0.4, -0.2) is 41.1 Å². The summed E-state index contributed by atoms with van der Waals surface area (Å²) in [7, 11) is 0. The fourth-order valence-electron chi connectivity index (χ4n) is 3.53. The van der Waals surface area contributed by atoms with Gasteiger partial charge in [-0.25, -0.2) is 4.98 Å². The van der Waals surface area contributed by atoms with Gasteiger partial charge in [-0.15, -0.1) is 0 Å². The SMILES string of the molecule is O=[N+]([O-])c1cc2sc(N3CCCCC3)nc2nc1N1CCCCC1. The van der Waals surface area contributed by atoms with E-state index in [2.05, 4.69) is 14.9 Å². The highest BCUT2D eigenvalue weighted by Crippen LogP contribution is 2.36. The van der Waals surface area contributed by atoms with Gasteiger partial charge in [-0.2, -0.15) is 4.98 Å². The van der Waals surface area contributed by atoms with Crippen LogP contribution in [-0.2, 0) is 0 Å². The van der Waals surface area contributed by atoms with E-state index < -0.39 is 0 Å². The third-order valence-corrected chi connectivity index (χ3v) is 5.86. The van der Waals surface area contributed by atoms with Crippen molar-refractivity contribution in [3.8, 4) is 0 Å². The Morgan fingerprint density at radius 2 is 1.58 bits per heavy atom. The minimum absolute atomic E-state index is 0.109. The van der Waals surface area contributed by atoms with Crippen molar-refractivity contribution in [2.75, 3.05) is 36.0 Å². The lowest BCUT2D eigenvalue weighted by Crippen LogP contribution is -2.30. The van der Waals surface area contributed by atoms with E-state index in [0.29, 0.717) is 11.5 Å². The van der Waals surface area contributed by atoms with Crippen LogP contribution in [0.5, 0.6) is 0 Å². The van der Waals surface area contributed by atoms with E-state index in [1.165, 1.54) is 37.0 Å². The van der Waals surface area contributed by atoms with Crippen LogP contribution in [0.15, 0.2) is 6.07 Å². The number of nitrogens with zero attached hydrogens (tertiary/aromatic N) is 5. The Morgan fingerprint density at radius 3 is 2.21 bits per heavy atom. The van der Waals surface area contributed by atoms with Crippen molar-refractivity contribution in [1.82, 2.24) is 9.97 Å². The van der Waals surface area contributed by atoms with Gasteiger partial charge < -0.3 is 9.80 Å². The molecule has 0 spiro atoms. The highest BCUT2D eigenvalue weighted by Gasteiger charge is 2.26. The second-order valence-electron chi connectivity index (χ2n) is 6.50. The molecule has 2 saturated heterocycles. The van der Waals surface area contributed by atoms with Crippen LogP contribution in [0.1, 0.15) is 38.5 Å². The molecule has 8 heteroatoms. The highest BCUT2D eigenvalue weighted by molar-refractivity contribution is 7.22. The number of hydrogen-bond acceptors (Lipinski definition) is 7. The van der Waals surface area contributed by atoms with Gasteiger partial charge in [0, 0.05) is 32.2 Å². The predicted octanol–water partition coefficient (Wildman–Crippen LogP) is 3.58. The van der Waals surface area contributed by atoms with E-state index in [1.54, 1.807) is 6.07 Å². The average molecular weight is 347 g/mol. The van der Waals surface area contributed by atoms with Gasteiger partial charge in [0.25, 0.3) is 0 Å². The molecule has 2 fully saturated rings. The maximum Gasteiger partial charge on any atom is 0.313 e. The Labute approximate surface area is 144 Å². The van der Waals surface area contributed by atoms with E-state index in [9.17, 15) is 10.1 Å². The number of fused-ring (bicyclic) bond motifs is 1. The molecule has 24 heavy (non-hydrogen) atoms. The summed E-state index contributed by atoms with van der Waals surface area (Å²) in [5, 5.41) is 12.5. The standard InChI is InChI=1S/C16H21N5O2S/c22-21(23)12-11-13-14(17-15(12)19-7-3-1-4-8-19)18-16(24-13)20-9-5-2-6-10-20/h11H,1-10H2. The van der Waals surface area contributed by atoms with Crippen LogP contribution in [0.2, 0.25) is 0 Å². The molecule has 4 heterocycles. The summed E-state index contributed by atoms with van der Waals surface area (Å²) >= 11 is 1.52. The van der Waals surface area contributed by atoms with Crippen molar-refractivity contribution in [3.63, 3.8) is 0 Å². The molecule has 0 radical (unpaired) electrons.